The first kappa shape index (κ1) is 29.9. The van der Waals surface area contributed by atoms with Crippen molar-refractivity contribution in [2.45, 2.75) is 52.7 Å². The molecule has 208 valence electrons. The highest BCUT2D eigenvalue weighted by Gasteiger charge is 2.33. The Labute approximate surface area is 234 Å². The van der Waals surface area contributed by atoms with E-state index in [1.807, 2.05) is 13.8 Å². The molecule has 0 saturated carbocycles. The lowest BCUT2D eigenvalue weighted by Gasteiger charge is -2.34. The maximum absolute atomic E-state index is 13.9. The quantitative estimate of drug-likeness (QED) is 0.422. The van der Waals surface area contributed by atoms with Gasteiger partial charge in [0.2, 0.25) is 21.8 Å². The highest BCUT2D eigenvalue weighted by molar-refractivity contribution is 7.92. The number of nitrogens with zero attached hydrogens (tertiary/aromatic N) is 2. The predicted molar refractivity (Wildman–Crippen MR) is 149 cm³/mol. The number of rotatable bonds is 11. The molecular formula is C26H33Cl2N3O6S. The summed E-state index contributed by atoms with van der Waals surface area (Å²) in [7, 11) is -3.88. The number of hydrogen-bond donors (Lipinski definition) is 1. The molecule has 2 aromatic carbocycles. The summed E-state index contributed by atoms with van der Waals surface area (Å²) >= 11 is 12.4. The first-order valence-electron chi connectivity index (χ1n) is 12.4. The zero-order chi connectivity index (χ0) is 28.0. The van der Waals surface area contributed by atoms with Gasteiger partial charge in [0.05, 0.1) is 11.4 Å². The molecule has 1 N–H and O–H groups in total. The van der Waals surface area contributed by atoms with Crippen LogP contribution in [0.25, 0.3) is 0 Å². The van der Waals surface area contributed by atoms with Crippen molar-refractivity contribution in [1.29, 1.82) is 0 Å². The van der Waals surface area contributed by atoms with Crippen molar-refractivity contribution in [2.24, 2.45) is 0 Å². The Morgan fingerprint density at radius 1 is 1.03 bits per heavy atom. The smallest absolute Gasteiger partial charge is 0.244 e. The van der Waals surface area contributed by atoms with Crippen molar-refractivity contribution >= 4 is 50.7 Å². The van der Waals surface area contributed by atoms with Crippen LogP contribution in [-0.4, -0.2) is 62.7 Å². The molecule has 0 unspecified atom stereocenters. The van der Waals surface area contributed by atoms with Crippen LogP contribution in [0.5, 0.6) is 11.5 Å². The Bertz CT molecular complexity index is 1270. The largest absolute Gasteiger partial charge is 0.486 e. The van der Waals surface area contributed by atoms with Crippen LogP contribution < -0.4 is 19.1 Å². The summed E-state index contributed by atoms with van der Waals surface area (Å²) in [4.78, 5) is 28.3. The minimum atomic E-state index is -3.88. The summed E-state index contributed by atoms with van der Waals surface area (Å²) in [6, 6.07) is 8.59. The highest BCUT2D eigenvalue weighted by atomic mass is 35.5. The van der Waals surface area contributed by atoms with Crippen molar-refractivity contribution in [3.63, 3.8) is 0 Å². The van der Waals surface area contributed by atoms with Crippen molar-refractivity contribution in [2.75, 3.05) is 29.8 Å². The van der Waals surface area contributed by atoms with Gasteiger partial charge >= 0.3 is 0 Å². The van der Waals surface area contributed by atoms with Crippen LogP contribution in [-0.2, 0) is 26.2 Å². The van der Waals surface area contributed by atoms with Crippen LogP contribution in [0.15, 0.2) is 36.4 Å². The van der Waals surface area contributed by atoms with E-state index >= 15 is 0 Å². The van der Waals surface area contributed by atoms with E-state index in [0.29, 0.717) is 46.7 Å². The zero-order valence-corrected chi connectivity index (χ0v) is 24.2. The number of nitrogens with one attached hydrogen (secondary N) is 1. The number of sulfonamides is 1. The van der Waals surface area contributed by atoms with Crippen LogP contribution in [0.2, 0.25) is 10.0 Å². The number of anilines is 1. The summed E-state index contributed by atoms with van der Waals surface area (Å²) < 4.78 is 38.5. The van der Waals surface area contributed by atoms with Gasteiger partial charge in [-0.15, -0.1) is 0 Å². The Kier molecular flexibility index (Phi) is 10.1. The first-order valence-corrected chi connectivity index (χ1v) is 14.8. The number of carbonyl (C=O) groups excluding carboxylic acids is 2. The van der Waals surface area contributed by atoms with Crippen LogP contribution in [0.1, 0.15) is 39.7 Å². The third-order valence-corrected chi connectivity index (χ3v) is 8.29. The van der Waals surface area contributed by atoms with Gasteiger partial charge in [0.1, 0.15) is 25.8 Å². The van der Waals surface area contributed by atoms with E-state index in [9.17, 15) is 18.0 Å². The minimum Gasteiger partial charge on any atom is -0.486 e. The van der Waals surface area contributed by atoms with Crippen LogP contribution in [0.4, 0.5) is 5.69 Å². The van der Waals surface area contributed by atoms with Crippen LogP contribution >= 0.6 is 23.2 Å². The standard InChI is InChI=1S/C26H33Cl2N3O6S/c1-5-22(26(33)29-17(3)4)30(15-18-7-8-19(27)13-21(18)28)25(32)16-31(38(34,35)6-2)20-9-10-23-24(14-20)37-12-11-36-23/h7-10,13-14,17,22H,5-6,11-12,15-16H2,1-4H3,(H,29,33)/t22-/m0/s1. The SMILES string of the molecule is CC[C@@H](C(=O)NC(C)C)N(Cc1ccc(Cl)cc1Cl)C(=O)CN(c1ccc2c(c1)OCCO2)S(=O)(=O)CC. The van der Waals surface area contributed by atoms with E-state index in [0.717, 1.165) is 4.31 Å². The summed E-state index contributed by atoms with van der Waals surface area (Å²) in [6.45, 7) is 7.12. The molecule has 12 heteroatoms. The number of benzene rings is 2. The lowest BCUT2D eigenvalue weighted by atomic mass is 10.1. The highest BCUT2D eigenvalue weighted by Crippen LogP contribution is 2.35. The third kappa shape index (κ3) is 7.24. The Morgan fingerprint density at radius 2 is 1.71 bits per heavy atom. The van der Waals surface area contributed by atoms with Gasteiger partial charge in [-0.3, -0.25) is 13.9 Å². The zero-order valence-electron chi connectivity index (χ0n) is 21.9. The number of carbonyl (C=O) groups is 2. The molecule has 0 spiro atoms. The van der Waals surface area contributed by atoms with Gasteiger partial charge in [-0.2, -0.15) is 0 Å². The Balaban J connectivity index is 2.01. The average molecular weight is 587 g/mol. The molecule has 0 aliphatic carbocycles. The van der Waals surface area contributed by atoms with Gasteiger partial charge in [-0.1, -0.05) is 36.2 Å². The van der Waals surface area contributed by atoms with Gasteiger partial charge in [0.15, 0.2) is 11.5 Å². The Morgan fingerprint density at radius 3 is 2.32 bits per heavy atom. The minimum absolute atomic E-state index is 0.0139. The molecule has 2 aromatic rings. The molecular weight excluding hydrogens is 553 g/mol. The van der Waals surface area contributed by atoms with Crippen LogP contribution in [0, 0.1) is 0 Å². The van der Waals surface area contributed by atoms with Gasteiger partial charge in [-0.05, 0) is 57.0 Å². The molecule has 0 radical (unpaired) electrons. The Hall–Kier alpha value is -2.69. The molecule has 1 atom stereocenters. The van der Waals surface area contributed by atoms with Crippen molar-refractivity contribution in [3.8, 4) is 11.5 Å². The monoisotopic (exact) mass is 585 g/mol. The second-order valence-electron chi connectivity index (χ2n) is 9.08. The fraction of sp³-hybridized carbons (Fsp3) is 0.462. The van der Waals surface area contributed by atoms with E-state index in [-0.39, 0.29) is 29.9 Å². The molecule has 0 fully saturated rings. The molecule has 0 bridgehead atoms. The topological polar surface area (TPSA) is 105 Å². The molecule has 0 aromatic heterocycles. The predicted octanol–water partition coefficient (Wildman–Crippen LogP) is 4.25. The maximum atomic E-state index is 13.9. The average Bonchev–Trinajstić information content (AvgIpc) is 2.87. The van der Waals surface area contributed by atoms with E-state index < -0.39 is 28.5 Å². The van der Waals surface area contributed by atoms with Crippen molar-refractivity contribution in [3.05, 3.63) is 52.0 Å². The molecule has 2 amide bonds. The second-order valence-corrected chi connectivity index (χ2v) is 12.1. The molecule has 38 heavy (non-hydrogen) atoms. The molecule has 1 aliphatic rings. The molecule has 0 saturated heterocycles. The lowest BCUT2D eigenvalue weighted by Crippen LogP contribution is -2.53. The number of hydrogen-bond acceptors (Lipinski definition) is 6. The van der Waals surface area contributed by atoms with E-state index in [1.165, 1.54) is 17.9 Å². The molecule has 9 nitrogen and oxygen atoms in total. The molecule has 3 rings (SSSR count). The molecule has 1 aliphatic heterocycles. The van der Waals surface area contributed by atoms with E-state index in [1.54, 1.807) is 37.3 Å². The summed E-state index contributed by atoms with van der Waals surface area (Å²) in [5.74, 6) is -0.248. The fourth-order valence-electron chi connectivity index (χ4n) is 4.04. The number of fused-ring (bicyclic) bond motifs is 1. The van der Waals surface area contributed by atoms with Crippen molar-refractivity contribution in [1.82, 2.24) is 10.2 Å². The summed E-state index contributed by atoms with van der Waals surface area (Å²) in [6.07, 6.45) is 0.306. The lowest BCUT2D eigenvalue weighted by molar-refractivity contribution is -0.140. The first-order chi connectivity index (χ1) is 18.0. The number of amides is 2. The summed E-state index contributed by atoms with van der Waals surface area (Å²) in [5, 5.41) is 3.61. The van der Waals surface area contributed by atoms with Crippen molar-refractivity contribution < 1.29 is 27.5 Å². The second kappa shape index (κ2) is 12.9. The summed E-state index contributed by atoms with van der Waals surface area (Å²) in [5.41, 5.74) is 0.832. The van der Waals surface area contributed by atoms with Gasteiger partial charge in [0, 0.05) is 28.7 Å². The maximum Gasteiger partial charge on any atom is 0.244 e. The third-order valence-electron chi connectivity index (χ3n) is 5.97. The van der Waals surface area contributed by atoms with E-state index in [2.05, 4.69) is 5.32 Å². The molecule has 1 heterocycles. The van der Waals surface area contributed by atoms with E-state index in [4.69, 9.17) is 32.7 Å². The van der Waals surface area contributed by atoms with Crippen LogP contribution in [0.3, 0.4) is 0 Å². The van der Waals surface area contributed by atoms with Gasteiger partial charge in [-0.25, -0.2) is 8.42 Å². The fourth-order valence-corrected chi connectivity index (χ4v) is 5.56. The number of ether oxygens (including phenoxy) is 2. The van der Waals surface area contributed by atoms with Gasteiger partial charge < -0.3 is 19.7 Å². The number of halogens is 2. The van der Waals surface area contributed by atoms with Gasteiger partial charge in [0.25, 0.3) is 0 Å². The normalized spacial score (nSPS) is 13.7.